The maximum Gasteiger partial charge on any atom is 0.295 e. The minimum Gasteiger partial charge on any atom is -0.365 e. The molecule has 4 aromatic carbocycles. The summed E-state index contributed by atoms with van der Waals surface area (Å²) in [6, 6.07) is 8.82. The lowest BCUT2D eigenvalue weighted by molar-refractivity contribution is -0.122. The summed E-state index contributed by atoms with van der Waals surface area (Å²) in [6.07, 6.45) is 18.9. The maximum atomic E-state index is 12.7. The van der Waals surface area contributed by atoms with Gasteiger partial charge in [-0.1, -0.05) is 81.9 Å². The first-order chi connectivity index (χ1) is 36.8. The van der Waals surface area contributed by atoms with Crippen molar-refractivity contribution in [3.63, 3.8) is 0 Å². The Hall–Kier alpha value is -5.29. The normalized spacial score (nSPS) is 13.4. The topological polar surface area (TPSA) is 337 Å². The Morgan fingerprint density at radius 3 is 1.49 bits per heavy atom. The van der Waals surface area contributed by atoms with Crippen molar-refractivity contribution in [2.24, 2.45) is 0 Å². The lowest BCUT2D eigenvalue weighted by Gasteiger charge is -2.31. The van der Waals surface area contributed by atoms with E-state index in [1.165, 1.54) is 37.5 Å². The standard InChI is InChI=1S/C53H74N4O17S5/c1-6-7-8-9-17-29-54-52(58)23-15-11-18-30-55-53(59)24-16-12-19-31-56(48-27-25-44-46(40(48)4)34-42(76(63,64)65)36-50(44)78(69,70)71)38(2)21-13-10-14-22-39(3)57(32-20-33-75(60,61)62)49-28-26-45-47(41(49)5)35-43(77(66,67)68)37-51(45)79(72,73)74/h10,13-14,21-22,25-28,34-37,39H,6-9,11-12,15-20,23-24,29-33H2,1-5H3,(H,54,58)(H,55,59)(H,60,61,62)(H,63,64,65)(H,66,67,68)(H,69,70,71)(H,72,73,74)/b13-10+,22-14+,38-21+. The molecule has 0 heterocycles. The van der Waals surface area contributed by atoms with Gasteiger partial charge in [0.1, 0.15) is 9.79 Å². The van der Waals surface area contributed by atoms with E-state index in [-0.39, 0.29) is 52.7 Å². The number of hydrogen-bond donors (Lipinski definition) is 7. The van der Waals surface area contributed by atoms with Crippen molar-refractivity contribution >= 4 is 95.3 Å². The quantitative estimate of drug-likeness (QED) is 0.0133. The molecule has 0 radical (unpaired) electrons. The van der Waals surface area contributed by atoms with Crippen LogP contribution in [0.4, 0.5) is 11.4 Å². The predicted octanol–water partition coefficient (Wildman–Crippen LogP) is 8.92. The van der Waals surface area contributed by atoms with Gasteiger partial charge in [0, 0.05) is 72.9 Å². The van der Waals surface area contributed by atoms with Crippen LogP contribution < -0.4 is 20.4 Å². The van der Waals surface area contributed by atoms with Crippen LogP contribution in [0.25, 0.3) is 21.5 Å². The summed E-state index contributed by atoms with van der Waals surface area (Å²) in [5, 5.41) is 6.03. The maximum absolute atomic E-state index is 12.7. The minimum atomic E-state index is -4.99. The van der Waals surface area contributed by atoms with Crippen molar-refractivity contribution in [3.05, 3.63) is 95.7 Å². The van der Waals surface area contributed by atoms with Gasteiger partial charge in [-0.25, -0.2) is 0 Å². The second-order valence-electron chi connectivity index (χ2n) is 19.4. The van der Waals surface area contributed by atoms with Crippen LogP contribution in [0.1, 0.15) is 122 Å². The van der Waals surface area contributed by atoms with E-state index >= 15 is 0 Å². The molecule has 0 spiro atoms. The molecule has 0 aliphatic heterocycles. The van der Waals surface area contributed by atoms with E-state index in [2.05, 4.69) is 17.6 Å². The molecule has 2 amide bonds. The molecule has 26 heteroatoms. The Kier molecular flexibility index (Phi) is 24.7. The third-order valence-electron chi connectivity index (χ3n) is 13.3. The molecule has 7 N–H and O–H groups in total. The average Bonchev–Trinajstić information content (AvgIpc) is 3.37. The predicted molar refractivity (Wildman–Crippen MR) is 306 cm³/mol. The SMILES string of the molecule is CCCCCCCNC(=O)CCCCCNC(=O)CCCCCN(/C(C)=C/C=C/C=C/C(C)N(CCCS(=O)(=O)O)c1ccc2c(S(=O)(=O)O)cc(S(=O)(=O)O)cc2c1C)c1ccc2c(S(=O)(=O)O)cc(S(=O)(=O)O)cc2c1C. The number of benzene rings is 4. The van der Waals surface area contributed by atoms with Gasteiger partial charge in [-0.2, -0.15) is 42.1 Å². The summed E-state index contributed by atoms with van der Waals surface area (Å²) in [4.78, 5) is 25.5. The zero-order valence-corrected chi connectivity index (χ0v) is 49.2. The van der Waals surface area contributed by atoms with E-state index in [1.807, 2.05) is 4.90 Å². The number of carbonyl (C=O) groups is 2. The lowest BCUT2D eigenvalue weighted by atomic mass is 10.0. The van der Waals surface area contributed by atoms with Crippen LogP contribution >= 0.6 is 0 Å². The van der Waals surface area contributed by atoms with Crippen LogP contribution in [0.3, 0.4) is 0 Å². The van der Waals surface area contributed by atoms with Gasteiger partial charge in [0.15, 0.2) is 0 Å². The lowest BCUT2D eigenvalue weighted by Crippen LogP contribution is -2.34. The van der Waals surface area contributed by atoms with Crippen molar-refractivity contribution in [2.45, 2.75) is 150 Å². The van der Waals surface area contributed by atoms with Crippen LogP contribution in [0.2, 0.25) is 0 Å². The first-order valence-corrected chi connectivity index (χ1v) is 33.3. The number of allylic oxidation sites excluding steroid dienone is 5. The Balaban J connectivity index is 1.56. The zero-order valence-electron chi connectivity index (χ0n) is 45.1. The third-order valence-corrected chi connectivity index (χ3v) is 17.6. The number of rotatable bonds is 33. The summed E-state index contributed by atoms with van der Waals surface area (Å²) >= 11 is 0. The van der Waals surface area contributed by atoms with E-state index < -0.39 is 82.0 Å². The fraction of sp³-hybridized carbons (Fsp3) is 0.472. The monoisotopic (exact) mass is 1200 g/mol. The number of unbranched alkanes of at least 4 members (excludes halogenated alkanes) is 8. The van der Waals surface area contributed by atoms with Gasteiger partial charge >= 0.3 is 0 Å². The zero-order chi connectivity index (χ0) is 58.9. The van der Waals surface area contributed by atoms with Crippen molar-refractivity contribution in [1.29, 1.82) is 0 Å². The molecule has 0 aliphatic carbocycles. The third kappa shape index (κ3) is 20.6. The van der Waals surface area contributed by atoms with Gasteiger partial charge in [-0.05, 0) is 131 Å². The molecule has 1 unspecified atom stereocenters. The number of hydrogen-bond acceptors (Lipinski definition) is 14. The highest BCUT2D eigenvalue weighted by Crippen LogP contribution is 2.37. The second-order valence-corrected chi connectivity index (χ2v) is 26.6. The fourth-order valence-electron chi connectivity index (χ4n) is 9.15. The number of carbonyl (C=O) groups excluding carboxylic acids is 2. The molecule has 0 saturated heterocycles. The Morgan fingerprint density at radius 1 is 0.544 bits per heavy atom. The molecule has 4 rings (SSSR count). The number of fused-ring (bicyclic) bond motifs is 2. The van der Waals surface area contributed by atoms with Gasteiger partial charge in [0.05, 0.1) is 15.5 Å². The van der Waals surface area contributed by atoms with Crippen LogP contribution in [-0.2, 0) is 60.2 Å². The van der Waals surface area contributed by atoms with E-state index in [1.54, 1.807) is 69.0 Å². The van der Waals surface area contributed by atoms with Gasteiger partial charge in [0.25, 0.3) is 50.6 Å². The Morgan fingerprint density at radius 2 is 1.01 bits per heavy atom. The number of nitrogens with zero attached hydrogens (tertiary/aromatic N) is 2. The first kappa shape index (κ1) is 66.2. The summed E-state index contributed by atoms with van der Waals surface area (Å²) in [6.45, 7) is 10.5. The second kappa shape index (κ2) is 29.4. The number of amides is 2. The van der Waals surface area contributed by atoms with Crippen molar-refractivity contribution in [2.75, 3.05) is 41.7 Å². The fourth-order valence-corrected chi connectivity index (χ4v) is 12.3. The van der Waals surface area contributed by atoms with Crippen molar-refractivity contribution in [1.82, 2.24) is 10.6 Å². The molecule has 0 saturated carbocycles. The molecule has 4 aromatic rings. The van der Waals surface area contributed by atoms with Crippen molar-refractivity contribution < 1.29 is 74.4 Å². The largest absolute Gasteiger partial charge is 0.365 e. The molecular formula is C53H74N4O17S5. The average molecular weight is 1200 g/mol. The molecule has 21 nitrogen and oxygen atoms in total. The molecule has 79 heavy (non-hydrogen) atoms. The highest BCUT2D eigenvalue weighted by atomic mass is 32.2. The molecule has 0 bridgehead atoms. The molecule has 438 valence electrons. The van der Waals surface area contributed by atoms with E-state index in [4.69, 9.17) is 0 Å². The molecule has 1 atom stereocenters. The highest BCUT2D eigenvalue weighted by Gasteiger charge is 2.26. The van der Waals surface area contributed by atoms with Crippen LogP contribution in [0, 0.1) is 13.8 Å². The molecule has 0 aliphatic rings. The highest BCUT2D eigenvalue weighted by molar-refractivity contribution is 7.87. The van der Waals surface area contributed by atoms with Gasteiger partial charge in [-0.3, -0.25) is 32.4 Å². The number of nitrogens with one attached hydrogen (secondary N) is 2. The van der Waals surface area contributed by atoms with Gasteiger partial charge in [0.2, 0.25) is 11.8 Å². The van der Waals surface area contributed by atoms with E-state index in [0.717, 1.165) is 44.2 Å². The summed E-state index contributed by atoms with van der Waals surface area (Å²) in [5.74, 6) is -0.669. The number of aryl methyl sites for hydroxylation is 2. The van der Waals surface area contributed by atoms with Crippen molar-refractivity contribution in [3.8, 4) is 0 Å². The minimum absolute atomic E-state index is 0.00788. The van der Waals surface area contributed by atoms with E-state index in [9.17, 15) is 74.4 Å². The first-order valence-electron chi connectivity index (χ1n) is 25.9. The van der Waals surface area contributed by atoms with Gasteiger partial charge < -0.3 is 20.4 Å². The summed E-state index contributed by atoms with van der Waals surface area (Å²) in [5.41, 5.74) is 2.32. The smallest absolute Gasteiger partial charge is 0.295 e. The summed E-state index contributed by atoms with van der Waals surface area (Å²) < 4.78 is 171. The van der Waals surface area contributed by atoms with Crippen LogP contribution in [0.15, 0.2) is 104 Å². The van der Waals surface area contributed by atoms with Crippen LogP contribution in [0.5, 0.6) is 0 Å². The molecular weight excluding hydrogens is 1120 g/mol. The number of anilines is 2. The Labute approximate surface area is 465 Å². The van der Waals surface area contributed by atoms with E-state index in [0.29, 0.717) is 85.6 Å². The molecule has 0 aromatic heterocycles. The van der Waals surface area contributed by atoms with Gasteiger partial charge in [-0.15, -0.1) is 0 Å². The van der Waals surface area contributed by atoms with Crippen LogP contribution in [-0.4, -0.2) is 115 Å². The Bertz CT molecular complexity index is 3490. The molecule has 0 fully saturated rings. The summed E-state index contributed by atoms with van der Waals surface area (Å²) in [7, 11) is -24.2.